The average molecular weight is 261 g/mol. The molecule has 0 amide bonds. The molecule has 1 heterocycles. The van der Waals surface area contributed by atoms with E-state index >= 15 is 0 Å². The molecule has 0 unspecified atom stereocenters. The number of rotatable bonds is 6. The Labute approximate surface area is 115 Å². The first-order valence-electron chi connectivity index (χ1n) is 7.06. The maximum absolute atomic E-state index is 5.30. The molecule has 2 rings (SSSR count). The Morgan fingerprint density at radius 2 is 2.32 bits per heavy atom. The molecule has 1 aromatic heterocycles. The first-order valence-corrected chi connectivity index (χ1v) is 7.06. The third kappa shape index (κ3) is 4.81. The van der Waals surface area contributed by atoms with Gasteiger partial charge in [-0.05, 0) is 25.0 Å². The lowest BCUT2D eigenvalue weighted by molar-refractivity contribution is 0.510. The number of guanidine groups is 1. The minimum Gasteiger partial charge on any atom is -0.469 e. The summed E-state index contributed by atoms with van der Waals surface area (Å²) in [5.74, 6) is 1.87. The molecular weight excluding hydrogens is 238 g/mol. The van der Waals surface area contributed by atoms with Crippen molar-refractivity contribution in [3.05, 3.63) is 36.8 Å². The lowest BCUT2D eigenvalue weighted by atomic mass is 10.2. The van der Waals surface area contributed by atoms with Gasteiger partial charge >= 0.3 is 0 Å². The molecule has 1 aromatic rings. The van der Waals surface area contributed by atoms with E-state index in [1.54, 1.807) is 6.26 Å². The molecular formula is C15H23N3O. The third-order valence-corrected chi connectivity index (χ3v) is 3.32. The Morgan fingerprint density at radius 1 is 1.47 bits per heavy atom. The summed E-state index contributed by atoms with van der Waals surface area (Å²) in [4.78, 5) is 4.59. The highest BCUT2D eigenvalue weighted by molar-refractivity contribution is 5.80. The van der Waals surface area contributed by atoms with Gasteiger partial charge in [0.05, 0.1) is 6.26 Å². The van der Waals surface area contributed by atoms with Crippen LogP contribution in [0.15, 0.2) is 40.5 Å². The van der Waals surface area contributed by atoms with E-state index in [-0.39, 0.29) is 0 Å². The van der Waals surface area contributed by atoms with E-state index in [4.69, 9.17) is 4.42 Å². The van der Waals surface area contributed by atoms with Crippen molar-refractivity contribution in [1.29, 1.82) is 0 Å². The zero-order valence-electron chi connectivity index (χ0n) is 11.4. The van der Waals surface area contributed by atoms with Crippen LogP contribution in [0.2, 0.25) is 0 Å². The minimum absolute atomic E-state index is 0.569. The molecule has 0 aliphatic heterocycles. The van der Waals surface area contributed by atoms with E-state index in [0.717, 1.165) is 31.2 Å². The largest absolute Gasteiger partial charge is 0.469 e. The van der Waals surface area contributed by atoms with Crippen LogP contribution in [0.1, 0.15) is 31.4 Å². The summed E-state index contributed by atoms with van der Waals surface area (Å²) in [5, 5.41) is 6.76. The molecule has 0 aromatic carbocycles. The number of hydrogen-bond acceptors (Lipinski definition) is 2. The standard InChI is InChI=1S/C15H23N3O/c1-2-10-16-15(18-13-6-3-4-7-13)17-11-9-14-8-5-12-19-14/h2,5,8,12-13H,1,3-4,6-7,9-11H2,(H2,16,17,18). The van der Waals surface area contributed by atoms with Crippen molar-refractivity contribution in [2.24, 2.45) is 4.99 Å². The van der Waals surface area contributed by atoms with Gasteiger partial charge in [0.15, 0.2) is 5.96 Å². The predicted octanol–water partition coefficient (Wildman–Crippen LogP) is 2.49. The van der Waals surface area contributed by atoms with Gasteiger partial charge in [-0.3, -0.25) is 4.99 Å². The summed E-state index contributed by atoms with van der Waals surface area (Å²) in [6.45, 7) is 5.19. The normalized spacial score (nSPS) is 16.5. The Hall–Kier alpha value is -1.71. The fourth-order valence-corrected chi connectivity index (χ4v) is 2.32. The predicted molar refractivity (Wildman–Crippen MR) is 78.3 cm³/mol. The van der Waals surface area contributed by atoms with E-state index in [1.807, 2.05) is 18.2 Å². The van der Waals surface area contributed by atoms with Crippen LogP contribution < -0.4 is 10.6 Å². The van der Waals surface area contributed by atoms with Crippen molar-refractivity contribution in [3.8, 4) is 0 Å². The number of nitrogens with zero attached hydrogens (tertiary/aromatic N) is 1. The van der Waals surface area contributed by atoms with Gasteiger partial charge in [-0.1, -0.05) is 18.9 Å². The van der Waals surface area contributed by atoms with Crippen LogP contribution in [-0.2, 0) is 6.42 Å². The quantitative estimate of drug-likeness (QED) is 0.470. The molecule has 4 heteroatoms. The van der Waals surface area contributed by atoms with Crippen molar-refractivity contribution in [2.75, 3.05) is 13.1 Å². The molecule has 0 radical (unpaired) electrons. The Morgan fingerprint density at radius 3 is 3.00 bits per heavy atom. The average Bonchev–Trinajstić information content (AvgIpc) is 3.08. The molecule has 2 N–H and O–H groups in total. The van der Waals surface area contributed by atoms with Crippen LogP contribution in [0, 0.1) is 0 Å². The monoisotopic (exact) mass is 261 g/mol. The van der Waals surface area contributed by atoms with Crippen LogP contribution in [0.5, 0.6) is 0 Å². The van der Waals surface area contributed by atoms with Crippen LogP contribution >= 0.6 is 0 Å². The molecule has 19 heavy (non-hydrogen) atoms. The number of furan rings is 1. The smallest absolute Gasteiger partial charge is 0.191 e. The molecule has 0 saturated heterocycles. The van der Waals surface area contributed by atoms with Gasteiger partial charge in [-0.2, -0.15) is 0 Å². The molecule has 1 fully saturated rings. The van der Waals surface area contributed by atoms with E-state index in [0.29, 0.717) is 6.04 Å². The van der Waals surface area contributed by atoms with Gasteiger partial charge in [-0.25, -0.2) is 0 Å². The Kier molecular flexibility index (Phi) is 5.53. The summed E-state index contributed by atoms with van der Waals surface area (Å²) >= 11 is 0. The first kappa shape index (κ1) is 13.7. The van der Waals surface area contributed by atoms with E-state index < -0.39 is 0 Å². The molecule has 0 spiro atoms. The Bertz CT molecular complexity index is 392. The molecule has 1 aliphatic rings. The minimum atomic E-state index is 0.569. The maximum atomic E-state index is 5.30. The fraction of sp³-hybridized carbons (Fsp3) is 0.533. The third-order valence-electron chi connectivity index (χ3n) is 3.32. The zero-order chi connectivity index (χ0) is 13.3. The molecule has 1 saturated carbocycles. The molecule has 1 aliphatic carbocycles. The highest BCUT2D eigenvalue weighted by Gasteiger charge is 2.15. The van der Waals surface area contributed by atoms with Crippen molar-refractivity contribution < 1.29 is 4.42 Å². The zero-order valence-corrected chi connectivity index (χ0v) is 11.4. The topological polar surface area (TPSA) is 49.6 Å². The molecule has 0 atom stereocenters. The van der Waals surface area contributed by atoms with E-state index in [2.05, 4.69) is 22.2 Å². The summed E-state index contributed by atoms with van der Waals surface area (Å²) in [6, 6.07) is 4.46. The van der Waals surface area contributed by atoms with Crippen molar-refractivity contribution in [2.45, 2.75) is 38.1 Å². The summed E-state index contributed by atoms with van der Waals surface area (Å²) < 4.78 is 5.30. The fourth-order valence-electron chi connectivity index (χ4n) is 2.32. The van der Waals surface area contributed by atoms with Gasteiger partial charge in [0, 0.05) is 25.6 Å². The van der Waals surface area contributed by atoms with Crippen LogP contribution in [-0.4, -0.2) is 25.1 Å². The first-order chi connectivity index (χ1) is 9.38. The summed E-state index contributed by atoms with van der Waals surface area (Å²) in [5.41, 5.74) is 0. The number of nitrogens with one attached hydrogen (secondary N) is 2. The van der Waals surface area contributed by atoms with Crippen molar-refractivity contribution >= 4 is 5.96 Å². The lowest BCUT2D eigenvalue weighted by Crippen LogP contribution is -2.42. The maximum Gasteiger partial charge on any atom is 0.191 e. The second-order valence-electron chi connectivity index (χ2n) is 4.85. The van der Waals surface area contributed by atoms with Gasteiger partial charge in [-0.15, -0.1) is 6.58 Å². The van der Waals surface area contributed by atoms with Crippen LogP contribution in [0.3, 0.4) is 0 Å². The van der Waals surface area contributed by atoms with Gasteiger partial charge in [0.25, 0.3) is 0 Å². The summed E-state index contributed by atoms with van der Waals surface area (Å²) in [7, 11) is 0. The van der Waals surface area contributed by atoms with E-state index in [9.17, 15) is 0 Å². The van der Waals surface area contributed by atoms with Crippen LogP contribution in [0.25, 0.3) is 0 Å². The highest BCUT2D eigenvalue weighted by atomic mass is 16.3. The molecule has 4 nitrogen and oxygen atoms in total. The highest BCUT2D eigenvalue weighted by Crippen LogP contribution is 2.17. The van der Waals surface area contributed by atoms with Gasteiger partial charge in [0.1, 0.15) is 5.76 Å². The van der Waals surface area contributed by atoms with Crippen molar-refractivity contribution in [3.63, 3.8) is 0 Å². The number of aliphatic imine (C=N–C) groups is 1. The molecule has 104 valence electrons. The SMILES string of the molecule is C=CCNC(=NCCc1ccco1)NC1CCCC1. The number of hydrogen-bond donors (Lipinski definition) is 2. The van der Waals surface area contributed by atoms with Gasteiger partial charge < -0.3 is 15.1 Å². The lowest BCUT2D eigenvalue weighted by Gasteiger charge is -2.16. The Balaban J connectivity index is 1.81. The van der Waals surface area contributed by atoms with Crippen molar-refractivity contribution in [1.82, 2.24) is 10.6 Å². The van der Waals surface area contributed by atoms with E-state index in [1.165, 1.54) is 25.7 Å². The molecule has 0 bridgehead atoms. The van der Waals surface area contributed by atoms with Gasteiger partial charge in [0.2, 0.25) is 0 Å². The summed E-state index contributed by atoms with van der Waals surface area (Å²) in [6.07, 6.45) is 9.50. The van der Waals surface area contributed by atoms with Crippen LogP contribution in [0.4, 0.5) is 0 Å². The second-order valence-corrected chi connectivity index (χ2v) is 4.85. The second kappa shape index (κ2) is 7.67.